The summed E-state index contributed by atoms with van der Waals surface area (Å²) >= 11 is 0. The van der Waals surface area contributed by atoms with Crippen LogP contribution in [0, 0.1) is 0 Å². The van der Waals surface area contributed by atoms with E-state index in [9.17, 15) is 4.79 Å². The maximum Gasteiger partial charge on any atom is 0.237 e. The van der Waals surface area contributed by atoms with Crippen LogP contribution in [0.1, 0.15) is 30.9 Å². The molecule has 21 heavy (non-hydrogen) atoms. The lowest BCUT2D eigenvalue weighted by Crippen LogP contribution is -2.41. The Morgan fingerprint density at radius 3 is 2.90 bits per heavy atom. The molecule has 2 rings (SSSR count). The van der Waals surface area contributed by atoms with Gasteiger partial charge in [-0.3, -0.25) is 9.78 Å². The van der Waals surface area contributed by atoms with Crippen LogP contribution in [0.2, 0.25) is 0 Å². The number of carbonyl (C=O) groups excluding carboxylic acids is 1. The van der Waals surface area contributed by atoms with Gasteiger partial charge in [-0.25, -0.2) is 0 Å². The summed E-state index contributed by atoms with van der Waals surface area (Å²) in [5.74, 6) is 0.689. The largest absolute Gasteiger partial charge is 0.467 e. The van der Waals surface area contributed by atoms with Crippen molar-refractivity contribution in [3.8, 4) is 0 Å². The molecule has 1 amide bonds. The second-order valence-corrected chi connectivity index (χ2v) is 4.86. The molecule has 0 radical (unpaired) electrons. The molecule has 0 aliphatic rings. The molecule has 5 heteroatoms. The van der Waals surface area contributed by atoms with Crippen molar-refractivity contribution in [1.82, 2.24) is 15.6 Å². The van der Waals surface area contributed by atoms with Crippen LogP contribution in [0.4, 0.5) is 0 Å². The van der Waals surface area contributed by atoms with E-state index in [0.29, 0.717) is 13.1 Å². The van der Waals surface area contributed by atoms with Gasteiger partial charge in [0, 0.05) is 12.7 Å². The molecule has 2 heterocycles. The Hall–Kier alpha value is -2.14. The van der Waals surface area contributed by atoms with Gasteiger partial charge in [0.1, 0.15) is 5.76 Å². The molecule has 0 aliphatic heterocycles. The van der Waals surface area contributed by atoms with Crippen LogP contribution in [0.3, 0.4) is 0 Å². The Balaban J connectivity index is 1.80. The Bertz CT molecular complexity index is 567. The summed E-state index contributed by atoms with van der Waals surface area (Å²) in [5.41, 5.74) is 2.19. The van der Waals surface area contributed by atoms with Crippen LogP contribution in [-0.4, -0.2) is 16.9 Å². The number of hydrogen-bond donors (Lipinski definition) is 2. The molecule has 2 aromatic rings. The van der Waals surface area contributed by atoms with Crippen molar-refractivity contribution in [2.24, 2.45) is 0 Å². The third-order valence-corrected chi connectivity index (χ3v) is 3.35. The van der Waals surface area contributed by atoms with Gasteiger partial charge >= 0.3 is 0 Å². The van der Waals surface area contributed by atoms with Gasteiger partial charge < -0.3 is 15.1 Å². The fourth-order valence-corrected chi connectivity index (χ4v) is 2.04. The van der Waals surface area contributed by atoms with Crippen LogP contribution >= 0.6 is 0 Å². The van der Waals surface area contributed by atoms with Crippen molar-refractivity contribution >= 4 is 5.91 Å². The molecule has 0 bridgehead atoms. The minimum Gasteiger partial charge on any atom is -0.467 e. The standard InChI is InChI=1S/C16H21N3O2/c1-3-13-6-4-8-17-15(13)11-18-12(2)16(20)19-10-14-7-5-9-21-14/h4-9,12,18H,3,10-11H2,1-2H3,(H,19,20). The molecule has 0 aromatic carbocycles. The van der Waals surface area contributed by atoms with Crippen LogP contribution in [0.5, 0.6) is 0 Å². The minimum absolute atomic E-state index is 0.0552. The van der Waals surface area contributed by atoms with E-state index in [0.717, 1.165) is 17.9 Å². The average Bonchev–Trinajstić information content (AvgIpc) is 3.03. The predicted octanol–water partition coefficient (Wildman–Crippen LogP) is 2.03. The number of nitrogens with one attached hydrogen (secondary N) is 2. The number of rotatable bonds is 7. The fraction of sp³-hybridized carbons (Fsp3) is 0.375. The second-order valence-electron chi connectivity index (χ2n) is 4.86. The molecule has 1 unspecified atom stereocenters. The Morgan fingerprint density at radius 2 is 2.19 bits per heavy atom. The van der Waals surface area contributed by atoms with Gasteiger partial charge in [-0.2, -0.15) is 0 Å². The summed E-state index contributed by atoms with van der Waals surface area (Å²) in [6, 6.07) is 7.34. The minimum atomic E-state index is -0.285. The third-order valence-electron chi connectivity index (χ3n) is 3.35. The van der Waals surface area contributed by atoms with Gasteiger partial charge in [-0.1, -0.05) is 13.0 Å². The lowest BCUT2D eigenvalue weighted by molar-refractivity contribution is -0.123. The second kappa shape index (κ2) is 7.59. The van der Waals surface area contributed by atoms with E-state index in [-0.39, 0.29) is 11.9 Å². The SMILES string of the molecule is CCc1cccnc1CNC(C)C(=O)NCc1ccco1. The molecule has 0 spiro atoms. The van der Waals surface area contributed by atoms with Crippen LogP contribution in [0.25, 0.3) is 0 Å². The number of carbonyl (C=O) groups is 1. The number of amides is 1. The molecule has 0 aliphatic carbocycles. The normalized spacial score (nSPS) is 12.1. The van der Waals surface area contributed by atoms with Crippen LogP contribution < -0.4 is 10.6 Å². The van der Waals surface area contributed by atoms with Gasteiger partial charge in [-0.15, -0.1) is 0 Å². The summed E-state index contributed by atoms with van der Waals surface area (Å²) in [6.07, 6.45) is 4.30. The molecular weight excluding hydrogens is 266 g/mol. The van der Waals surface area contributed by atoms with Crippen LogP contribution in [0.15, 0.2) is 41.1 Å². The predicted molar refractivity (Wildman–Crippen MR) is 80.5 cm³/mol. The van der Waals surface area contributed by atoms with Crippen molar-refractivity contribution in [3.05, 3.63) is 53.7 Å². The molecule has 112 valence electrons. The number of nitrogens with zero attached hydrogens (tertiary/aromatic N) is 1. The number of furan rings is 1. The van der Waals surface area contributed by atoms with Crippen LogP contribution in [-0.2, 0) is 24.3 Å². The average molecular weight is 287 g/mol. The lowest BCUT2D eigenvalue weighted by atomic mass is 10.1. The zero-order valence-corrected chi connectivity index (χ0v) is 12.4. The van der Waals surface area contributed by atoms with Crippen molar-refractivity contribution in [2.75, 3.05) is 0 Å². The van der Waals surface area contributed by atoms with Gasteiger partial charge in [0.2, 0.25) is 5.91 Å². The smallest absolute Gasteiger partial charge is 0.237 e. The summed E-state index contributed by atoms with van der Waals surface area (Å²) < 4.78 is 5.18. The topological polar surface area (TPSA) is 67.2 Å². The van der Waals surface area contributed by atoms with Gasteiger partial charge in [0.05, 0.1) is 24.5 Å². The van der Waals surface area contributed by atoms with Gasteiger partial charge in [-0.05, 0) is 37.1 Å². The van der Waals surface area contributed by atoms with E-state index in [2.05, 4.69) is 28.6 Å². The van der Waals surface area contributed by atoms with E-state index >= 15 is 0 Å². The van der Waals surface area contributed by atoms with Crippen molar-refractivity contribution in [1.29, 1.82) is 0 Å². The summed E-state index contributed by atoms with van der Waals surface area (Å²) in [5, 5.41) is 6.03. The molecule has 1 atom stereocenters. The Morgan fingerprint density at radius 1 is 1.33 bits per heavy atom. The highest BCUT2D eigenvalue weighted by Crippen LogP contribution is 2.06. The first kappa shape index (κ1) is 15.3. The monoisotopic (exact) mass is 287 g/mol. The highest BCUT2D eigenvalue weighted by atomic mass is 16.3. The number of aryl methyl sites for hydroxylation is 1. The molecule has 0 saturated heterocycles. The first-order chi connectivity index (χ1) is 10.2. The van der Waals surface area contributed by atoms with Gasteiger partial charge in [0.15, 0.2) is 0 Å². The van der Waals surface area contributed by atoms with E-state index in [1.165, 1.54) is 5.56 Å². The Kier molecular flexibility index (Phi) is 5.51. The Labute approximate surface area is 124 Å². The first-order valence-electron chi connectivity index (χ1n) is 7.17. The summed E-state index contributed by atoms with van der Waals surface area (Å²) in [7, 11) is 0. The lowest BCUT2D eigenvalue weighted by Gasteiger charge is -2.14. The third kappa shape index (κ3) is 4.43. The van der Waals surface area contributed by atoms with Crippen molar-refractivity contribution < 1.29 is 9.21 Å². The molecule has 5 nitrogen and oxygen atoms in total. The molecule has 0 fully saturated rings. The molecule has 2 N–H and O–H groups in total. The van der Waals surface area contributed by atoms with E-state index in [1.54, 1.807) is 18.5 Å². The zero-order chi connectivity index (χ0) is 15.1. The molecule has 0 saturated carbocycles. The number of pyridine rings is 1. The summed E-state index contributed by atoms with van der Waals surface area (Å²) in [4.78, 5) is 16.3. The highest BCUT2D eigenvalue weighted by molar-refractivity contribution is 5.81. The highest BCUT2D eigenvalue weighted by Gasteiger charge is 2.13. The quantitative estimate of drug-likeness (QED) is 0.817. The molecule has 2 aromatic heterocycles. The molecular formula is C16H21N3O2. The fourth-order valence-electron chi connectivity index (χ4n) is 2.04. The van der Waals surface area contributed by atoms with E-state index in [1.807, 2.05) is 19.1 Å². The van der Waals surface area contributed by atoms with E-state index < -0.39 is 0 Å². The summed E-state index contributed by atoms with van der Waals surface area (Å²) in [6.45, 7) is 4.92. The first-order valence-corrected chi connectivity index (χ1v) is 7.17. The maximum absolute atomic E-state index is 12.0. The van der Waals surface area contributed by atoms with Gasteiger partial charge in [0.25, 0.3) is 0 Å². The van der Waals surface area contributed by atoms with Crippen molar-refractivity contribution in [3.63, 3.8) is 0 Å². The maximum atomic E-state index is 12.0. The van der Waals surface area contributed by atoms with E-state index in [4.69, 9.17) is 4.42 Å². The number of aromatic nitrogens is 1. The number of hydrogen-bond acceptors (Lipinski definition) is 4. The zero-order valence-electron chi connectivity index (χ0n) is 12.4. The van der Waals surface area contributed by atoms with Crippen molar-refractivity contribution in [2.45, 2.75) is 39.4 Å².